The number of aromatic amines is 4. The minimum atomic E-state index is -0.434. The molecule has 0 aliphatic heterocycles. The highest BCUT2D eigenvalue weighted by atomic mass is 35.5. The Morgan fingerprint density at radius 3 is 1.09 bits per heavy atom. The number of amides is 4. The summed E-state index contributed by atoms with van der Waals surface area (Å²) in [5.41, 5.74) is 8.29. The Labute approximate surface area is 609 Å². The van der Waals surface area contributed by atoms with Gasteiger partial charge in [0, 0.05) is 77.3 Å². The van der Waals surface area contributed by atoms with Crippen molar-refractivity contribution in [1.29, 1.82) is 0 Å². The van der Waals surface area contributed by atoms with Gasteiger partial charge in [-0.05, 0) is 149 Å². The summed E-state index contributed by atoms with van der Waals surface area (Å²) in [7, 11) is 0. The molecule has 35 nitrogen and oxygen atoms in total. The van der Waals surface area contributed by atoms with Gasteiger partial charge in [-0.3, -0.25) is 95.7 Å². The van der Waals surface area contributed by atoms with Crippen LogP contribution in [0.15, 0.2) is 207 Å². The van der Waals surface area contributed by atoms with E-state index >= 15 is 0 Å². The lowest BCUT2D eigenvalue weighted by Gasteiger charge is -2.05. The molecule has 4 amide bonds. The molecule has 0 atom stereocenters. The molecular formula is C71H54ClN31O4. The molecule has 0 aliphatic rings. The number of hydrogen-bond acceptors (Lipinski definition) is 27. The molecule has 0 radical (unpaired) electrons. The summed E-state index contributed by atoms with van der Waals surface area (Å²) >= 11 is 5.95. The zero-order chi connectivity index (χ0) is 74.0. The predicted molar refractivity (Wildman–Crippen MR) is 390 cm³/mol. The van der Waals surface area contributed by atoms with Crippen molar-refractivity contribution in [2.24, 2.45) is 0 Å². The van der Waals surface area contributed by atoms with Crippen LogP contribution in [0.1, 0.15) is 65.3 Å². The van der Waals surface area contributed by atoms with E-state index in [1.54, 1.807) is 174 Å². The van der Waals surface area contributed by atoms with Crippen molar-refractivity contribution in [2.45, 2.75) is 27.7 Å². The van der Waals surface area contributed by atoms with E-state index in [0.29, 0.717) is 114 Å². The first-order valence-corrected chi connectivity index (χ1v) is 32.4. The van der Waals surface area contributed by atoms with Crippen LogP contribution in [0.25, 0.3) is 90.9 Å². The first kappa shape index (κ1) is 70.0. The summed E-state index contributed by atoms with van der Waals surface area (Å²) in [6.07, 6.45) is 14.9. The molecule has 36 heteroatoms. The first-order chi connectivity index (χ1) is 52.2. The van der Waals surface area contributed by atoms with Gasteiger partial charge in [0.15, 0.2) is 29.0 Å². The van der Waals surface area contributed by atoms with E-state index in [0.717, 1.165) is 11.1 Å². The van der Waals surface area contributed by atoms with Crippen LogP contribution in [-0.4, -0.2) is 159 Å². The molecule has 8 N–H and O–H groups in total. The number of H-pyrrole nitrogens is 4. The Kier molecular flexibility index (Phi) is 21.6. The number of halogens is 1. The highest BCUT2D eigenvalue weighted by molar-refractivity contribution is 6.31. The second-order valence-electron chi connectivity index (χ2n) is 22.3. The number of carbonyl (C=O) groups is 4. The lowest BCUT2D eigenvalue weighted by Crippen LogP contribution is -2.16. The average molecular weight is 1440 g/mol. The number of nitrogens with zero attached hydrogens (tertiary/aromatic N) is 23. The van der Waals surface area contributed by atoms with Gasteiger partial charge in [-0.15, -0.1) is 0 Å². The van der Waals surface area contributed by atoms with Crippen LogP contribution in [0, 0.1) is 27.7 Å². The highest BCUT2D eigenvalue weighted by Gasteiger charge is 2.21. The van der Waals surface area contributed by atoms with Gasteiger partial charge in [0.25, 0.3) is 23.6 Å². The predicted octanol–water partition coefficient (Wildman–Crippen LogP) is 9.86. The second kappa shape index (κ2) is 32.9. The summed E-state index contributed by atoms with van der Waals surface area (Å²) in [6.45, 7) is 6.89. The monoisotopic (exact) mass is 1440 g/mol. The molecule has 0 unspecified atom stereocenters. The Morgan fingerprint density at radius 1 is 0.318 bits per heavy atom. The summed E-state index contributed by atoms with van der Waals surface area (Å²) in [4.78, 5) is 130. The standard InChI is InChI=1S/3C18H14N8O.C17H12ClN7O/c1-11-21-16(13-7-3-5-9-20-13)23-18(22-11)24-17(27)15-10-14(25-26-15)12-6-2-4-8-19-12;1-11-21-16(13-6-2-3-8-20-13)23-18(22-11)24-17(27)15-9-14(25-26-15)12-5-4-7-19-10-12;1-11-21-16(13-4-2-3-7-20-13)23-18(22-11)24-17(27)15-10-14(25-26-15)12-5-8-19-9-6-12;1-9-20-15(12-4-2-3-7-19-12)22-17(21-9)23-16(26)14-11-6-5-10(18)8-13(11)24-25-14/h3*2-10H,1H3,(H,25,26)(H,21,22,23,24,27);2-8H,1H3,(H,24,25)(H,20,21,22,23,26). The minimum Gasteiger partial charge on any atom is -0.289 e. The van der Waals surface area contributed by atoms with Gasteiger partial charge in [0.05, 0.1) is 22.6 Å². The molecule has 1 aromatic carbocycles. The van der Waals surface area contributed by atoms with Gasteiger partial charge in [-0.2, -0.15) is 60.3 Å². The number of rotatable bonds is 15. The summed E-state index contributed by atoms with van der Waals surface area (Å²) < 4.78 is 0. The highest BCUT2D eigenvalue weighted by Crippen LogP contribution is 2.25. The van der Waals surface area contributed by atoms with E-state index < -0.39 is 23.6 Å². The molecule has 16 rings (SSSR count). The lowest BCUT2D eigenvalue weighted by atomic mass is 10.2. The van der Waals surface area contributed by atoms with Crippen LogP contribution in [0.2, 0.25) is 5.02 Å². The normalized spacial score (nSPS) is 10.6. The Hall–Kier alpha value is -15.4. The Balaban J connectivity index is 0.000000126. The largest absolute Gasteiger partial charge is 0.289 e. The third kappa shape index (κ3) is 18.2. The number of anilines is 4. The van der Waals surface area contributed by atoms with Gasteiger partial charge >= 0.3 is 0 Å². The van der Waals surface area contributed by atoms with E-state index in [-0.39, 0.29) is 40.9 Å². The first-order valence-electron chi connectivity index (χ1n) is 32.0. The topological polar surface area (TPSA) is 476 Å². The van der Waals surface area contributed by atoms with E-state index in [9.17, 15) is 19.2 Å². The van der Waals surface area contributed by atoms with Crippen LogP contribution < -0.4 is 21.3 Å². The molecular weight excluding hydrogens is 1390 g/mol. The van der Waals surface area contributed by atoms with Crippen molar-refractivity contribution in [1.82, 2.24) is 135 Å². The smallest absolute Gasteiger partial charge is 0.279 e. The third-order valence-electron chi connectivity index (χ3n) is 14.5. The van der Waals surface area contributed by atoms with Crippen molar-refractivity contribution in [3.05, 3.63) is 259 Å². The second-order valence-corrected chi connectivity index (χ2v) is 22.7. The molecule has 15 heterocycles. The fourth-order valence-corrected chi connectivity index (χ4v) is 9.89. The zero-order valence-corrected chi connectivity index (χ0v) is 57.2. The van der Waals surface area contributed by atoms with Crippen molar-refractivity contribution in [3.63, 3.8) is 0 Å². The molecule has 16 aromatic rings. The molecule has 0 saturated carbocycles. The van der Waals surface area contributed by atoms with Crippen LogP contribution in [0.4, 0.5) is 23.8 Å². The van der Waals surface area contributed by atoms with Gasteiger partial charge in [-0.25, -0.2) is 19.9 Å². The van der Waals surface area contributed by atoms with Crippen molar-refractivity contribution in [3.8, 4) is 80.0 Å². The number of pyridine rings is 7. The number of hydrogen-bond donors (Lipinski definition) is 8. The average Bonchev–Trinajstić information content (AvgIpc) is 1.66. The van der Waals surface area contributed by atoms with Gasteiger partial charge in [-0.1, -0.05) is 41.9 Å². The minimum absolute atomic E-state index is 0.133. The molecule has 0 spiro atoms. The number of aryl methyl sites for hydroxylation is 4. The molecule has 0 fully saturated rings. The number of nitrogens with one attached hydrogen (secondary N) is 8. The van der Waals surface area contributed by atoms with Crippen molar-refractivity contribution < 1.29 is 19.2 Å². The van der Waals surface area contributed by atoms with Crippen molar-refractivity contribution >= 4 is 69.9 Å². The maximum atomic E-state index is 12.6. The SMILES string of the molecule is Cc1nc(NC(=O)c2cc(-c3ccccn3)n[nH]2)nc(-c2ccccn2)n1.Cc1nc(NC(=O)c2cc(-c3cccnc3)n[nH]2)nc(-c2ccccn2)n1.Cc1nc(NC(=O)c2cc(-c3ccncc3)n[nH]2)nc(-c2ccccn2)n1.Cc1nc(NC(=O)c2n[nH]c3cc(Cl)ccc23)nc(-c2ccccn2)n1. The summed E-state index contributed by atoms with van der Waals surface area (Å²) in [5.74, 6) is 2.34. The molecule has 524 valence electrons. The van der Waals surface area contributed by atoms with Gasteiger partial charge in [0.1, 0.15) is 68.8 Å². The number of carbonyl (C=O) groups excluding carboxylic acids is 4. The molecule has 15 aromatic heterocycles. The molecule has 107 heavy (non-hydrogen) atoms. The Bertz CT molecular complexity index is 5350. The van der Waals surface area contributed by atoms with Crippen molar-refractivity contribution in [2.75, 3.05) is 21.3 Å². The van der Waals surface area contributed by atoms with Gasteiger partial charge < -0.3 is 0 Å². The van der Waals surface area contributed by atoms with Gasteiger partial charge in [0.2, 0.25) is 23.8 Å². The quantitative estimate of drug-likeness (QED) is 0.0473. The van der Waals surface area contributed by atoms with Crippen LogP contribution in [0.3, 0.4) is 0 Å². The summed E-state index contributed by atoms with van der Waals surface area (Å²) in [5, 5.41) is 39.2. The molecule has 0 bridgehead atoms. The Morgan fingerprint density at radius 2 is 0.701 bits per heavy atom. The fraction of sp³-hybridized carbons (Fsp3) is 0.0563. The number of fused-ring (bicyclic) bond motifs is 1. The molecule has 0 saturated heterocycles. The number of benzene rings is 1. The zero-order valence-electron chi connectivity index (χ0n) is 56.4. The maximum Gasteiger partial charge on any atom is 0.279 e. The fourth-order valence-electron chi connectivity index (χ4n) is 9.71. The van der Waals surface area contributed by atoms with E-state index in [4.69, 9.17) is 11.6 Å². The number of aromatic nitrogens is 27. The van der Waals surface area contributed by atoms with Crippen LogP contribution in [-0.2, 0) is 0 Å². The lowest BCUT2D eigenvalue weighted by molar-refractivity contribution is 0.101. The third-order valence-corrected chi connectivity index (χ3v) is 14.8. The van der Waals surface area contributed by atoms with E-state index in [1.807, 2.05) is 60.7 Å². The van der Waals surface area contributed by atoms with Crippen LogP contribution >= 0.6 is 11.6 Å². The maximum absolute atomic E-state index is 12.6. The summed E-state index contributed by atoms with van der Waals surface area (Å²) in [6, 6.07) is 44.5. The van der Waals surface area contributed by atoms with E-state index in [1.165, 1.54) is 0 Å². The van der Waals surface area contributed by atoms with E-state index in [2.05, 4.69) is 157 Å². The van der Waals surface area contributed by atoms with Crippen LogP contribution in [0.5, 0.6) is 0 Å². The molecule has 0 aliphatic carbocycles.